The summed E-state index contributed by atoms with van der Waals surface area (Å²) in [6.45, 7) is 7.26. The summed E-state index contributed by atoms with van der Waals surface area (Å²) in [4.78, 5) is 24.5. The maximum Gasteiger partial charge on any atom is 0.332 e. The van der Waals surface area contributed by atoms with Gasteiger partial charge in [0, 0.05) is 19.5 Å². The van der Waals surface area contributed by atoms with Gasteiger partial charge < -0.3 is 9.64 Å². The minimum absolute atomic E-state index is 0.0207. The van der Waals surface area contributed by atoms with Crippen LogP contribution in [0, 0.1) is 0 Å². The van der Waals surface area contributed by atoms with Crippen LogP contribution in [0.15, 0.2) is 12.7 Å². The van der Waals surface area contributed by atoms with Crippen LogP contribution in [0.5, 0.6) is 0 Å². The van der Waals surface area contributed by atoms with Gasteiger partial charge >= 0.3 is 5.97 Å². The highest BCUT2D eigenvalue weighted by Crippen LogP contribution is 2.11. The Morgan fingerprint density at radius 3 is 2.05 bits per heavy atom. The Bertz CT molecular complexity index is 328. The number of nitrogens with zero attached hydrogens (tertiary/aromatic N) is 1. The average molecular weight is 311 g/mol. The molecule has 128 valence electrons. The van der Waals surface area contributed by atoms with Crippen molar-refractivity contribution in [2.24, 2.45) is 0 Å². The fraction of sp³-hybridized carbons (Fsp3) is 0.778. The van der Waals surface area contributed by atoms with Crippen LogP contribution in [-0.4, -0.2) is 30.1 Å². The second-order valence-corrected chi connectivity index (χ2v) is 5.82. The van der Waals surface area contributed by atoms with E-state index >= 15 is 0 Å². The smallest absolute Gasteiger partial charge is 0.332 e. The Morgan fingerprint density at radius 2 is 1.55 bits per heavy atom. The predicted molar refractivity (Wildman–Crippen MR) is 90.4 cm³/mol. The van der Waals surface area contributed by atoms with Crippen LogP contribution in [0.1, 0.15) is 78.1 Å². The van der Waals surface area contributed by atoms with Gasteiger partial charge in [-0.15, -0.1) is 0 Å². The van der Waals surface area contributed by atoms with Crippen molar-refractivity contribution in [3.8, 4) is 0 Å². The molecule has 0 N–H and O–H groups in total. The number of unbranched alkanes of at least 4 members (excludes halogenated alkanes) is 8. The zero-order valence-electron chi connectivity index (χ0n) is 14.6. The largest absolute Gasteiger partial charge is 0.439 e. The Morgan fingerprint density at radius 1 is 1.05 bits per heavy atom. The van der Waals surface area contributed by atoms with Crippen LogP contribution in [0.4, 0.5) is 0 Å². The number of amides is 1. The van der Waals surface area contributed by atoms with Crippen molar-refractivity contribution in [3.05, 3.63) is 12.7 Å². The van der Waals surface area contributed by atoms with E-state index in [-0.39, 0.29) is 5.91 Å². The van der Waals surface area contributed by atoms with E-state index in [1.54, 1.807) is 14.0 Å². The Labute approximate surface area is 135 Å². The lowest BCUT2D eigenvalue weighted by Crippen LogP contribution is -2.37. The van der Waals surface area contributed by atoms with E-state index < -0.39 is 12.2 Å². The van der Waals surface area contributed by atoms with Crippen LogP contribution in [0.2, 0.25) is 0 Å². The van der Waals surface area contributed by atoms with Crippen molar-refractivity contribution in [3.63, 3.8) is 0 Å². The monoisotopic (exact) mass is 311 g/mol. The molecule has 1 amide bonds. The third-order valence-corrected chi connectivity index (χ3v) is 3.89. The number of esters is 1. The molecule has 0 aromatic carbocycles. The van der Waals surface area contributed by atoms with Crippen LogP contribution in [0.25, 0.3) is 0 Å². The zero-order chi connectivity index (χ0) is 16.8. The van der Waals surface area contributed by atoms with Crippen molar-refractivity contribution in [2.45, 2.75) is 84.3 Å². The molecular weight excluding hydrogens is 278 g/mol. The predicted octanol–water partition coefficient (Wildman–Crippen LogP) is 4.44. The Balaban J connectivity index is 3.63. The third kappa shape index (κ3) is 10.4. The Hall–Kier alpha value is -1.32. The summed E-state index contributed by atoms with van der Waals surface area (Å²) < 4.78 is 5.02. The lowest BCUT2D eigenvalue weighted by atomic mass is 10.1. The topological polar surface area (TPSA) is 46.6 Å². The molecule has 0 aromatic heterocycles. The maximum absolute atomic E-state index is 12.0. The number of rotatable bonds is 13. The molecule has 0 bridgehead atoms. The molecule has 0 fully saturated rings. The van der Waals surface area contributed by atoms with Gasteiger partial charge in [-0.1, -0.05) is 64.9 Å². The van der Waals surface area contributed by atoms with Gasteiger partial charge in [-0.25, -0.2) is 4.79 Å². The highest BCUT2D eigenvalue weighted by Gasteiger charge is 2.17. The quantitative estimate of drug-likeness (QED) is 0.219. The van der Waals surface area contributed by atoms with Crippen molar-refractivity contribution in [2.75, 3.05) is 7.05 Å². The van der Waals surface area contributed by atoms with E-state index in [2.05, 4.69) is 13.5 Å². The highest BCUT2D eigenvalue weighted by molar-refractivity contribution is 5.82. The summed E-state index contributed by atoms with van der Waals surface area (Å²) in [5.41, 5.74) is 0. The van der Waals surface area contributed by atoms with E-state index in [1.807, 2.05) is 0 Å². The lowest BCUT2D eigenvalue weighted by Gasteiger charge is -2.24. The molecule has 0 aromatic rings. The molecule has 22 heavy (non-hydrogen) atoms. The van der Waals surface area contributed by atoms with Crippen molar-refractivity contribution < 1.29 is 14.3 Å². The van der Waals surface area contributed by atoms with Crippen LogP contribution in [0.3, 0.4) is 0 Å². The van der Waals surface area contributed by atoms with E-state index in [1.165, 1.54) is 49.8 Å². The van der Waals surface area contributed by atoms with Crippen molar-refractivity contribution >= 4 is 11.9 Å². The SMILES string of the molecule is C=CC(=O)OC(C)N(C)C(=O)CCCCCCCCCCC. The van der Waals surface area contributed by atoms with Crippen molar-refractivity contribution in [1.29, 1.82) is 0 Å². The normalized spacial score (nSPS) is 11.8. The Kier molecular flexibility index (Phi) is 12.5. The molecule has 0 rings (SSSR count). The lowest BCUT2D eigenvalue weighted by molar-refractivity contribution is -0.156. The van der Waals surface area contributed by atoms with E-state index in [0.717, 1.165) is 18.9 Å². The number of hydrogen-bond acceptors (Lipinski definition) is 3. The van der Waals surface area contributed by atoms with Gasteiger partial charge in [0.2, 0.25) is 5.91 Å². The zero-order valence-corrected chi connectivity index (χ0v) is 14.6. The molecule has 4 nitrogen and oxygen atoms in total. The van der Waals surface area contributed by atoms with Crippen molar-refractivity contribution in [1.82, 2.24) is 4.90 Å². The van der Waals surface area contributed by atoms with Gasteiger partial charge in [0.25, 0.3) is 0 Å². The van der Waals surface area contributed by atoms with E-state index in [4.69, 9.17) is 4.74 Å². The molecule has 0 heterocycles. The molecule has 0 aliphatic rings. The third-order valence-electron chi connectivity index (χ3n) is 3.89. The van der Waals surface area contributed by atoms with Gasteiger partial charge in [0.15, 0.2) is 6.23 Å². The molecule has 0 aliphatic heterocycles. The molecule has 0 spiro atoms. The molecule has 1 atom stereocenters. The molecule has 0 saturated heterocycles. The molecule has 0 radical (unpaired) electrons. The standard InChI is InChI=1S/C18H33NO3/c1-5-7-8-9-10-11-12-13-14-15-17(20)19(4)16(3)22-18(21)6-2/h6,16H,2,5,7-15H2,1,3-4H3. The number of hydrogen-bond donors (Lipinski definition) is 0. The average Bonchev–Trinajstić information content (AvgIpc) is 2.52. The molecule has 0 saturated carbocycles. The number of carbonyl (C=O) groups excluding carboxylic acids is 2. The molecule has 4 heteroatoms. The first-order valence-electron chi connectivity index (χ1n) is 8.61. The summed E-state index contributed by atoms with van der Waals surface area (Å²) in [5.74, 6) is -0.484. The summed E-state index contributed by atoms with van der Waals surface area (Å²) in [6, 6.07) is 0. The van der Waals surface area contributed by atoms with Gasteiger partial charge in [0.1, 0.15) is 0 Å². The minimum atomic E-state index is -0.545. The first kappa shape index (κ1) is 20.7. The highest BCUT2D eigenvalue weighted by atomic mass is 16.6. The second kappa shape index (κ2) is 13.4. The fourth-order valence-electron chi connectivity index (χ4n) is 2.26. The number of carbonyl (C=O) groups is 2. The summed E-state index contributed by atoms with van der Waals surface area (Å²) in [6.07, 6.45) is 12.2. The van der Waals surface area contributed by atoms with Crippen LogP contribution in [-0.2, 0) is 14.3 Å². The van der Waals surface area contributed by atoms with Gasteiger partial charge in [-0.05, 0) is 13.3 Å². The summed E-state index contributed by atoms with van der Waals surface area (Å²) >= 11 is 0. The summed E-state index contributed by atoms with van der Waals surface area (Å²) in [5, 5.41) is 0. The second-order valence-electron chi connectivity index (χ2n) is 5.82. The molecule has 1 unspecified atom stereocenters. The summed E-state index contributed by atoms with van der Waals surface area (Å²) in [7, 11) is 1.66. The molecule has 0 aliphatic carbocycles. The first-order chi connectivity index (χ1) is 10.5. The van der Waals surface area contributed by atoms with Crippen LogP contribution < -0.4 is 0 Å². The minimum Gasteiger partial charge on any atom is -0.439 e. The number of ether oxygens (including phenoxy) is 1. The maximum atomic E-state index is 12.0. The van der Waals surface area contributed by atoms with E-state index in [0.29, 0.717) is 6.42 Å². The van der Waals surface area contributed by atoms with Gasteiger partial charge in [-0.3, -0.25) is 4.79 Å². The van der Waals surface area contributed by atoms with Crippen LogP contribution >= 0.6 is 0 Å². The molecular formula is C18H33NO3. The first-order valence-corrected chi connectivity index (χ1v) is 8.61. The fourth-order valence-corrected chi connectivity index (χ4v) is 2.26. The van der Waals surface area contributed by atoms with Gasteiger partial charge in [0.05, 0.1) is 0 Å². The van der Waals surface area contributed by atoms with E-state index in [9.17, 15) is 9.59 Å². The van der Waals surface area contributed by atoms with Gasteiger partial charge in [-0.2, -0.15) is 0 Å².